The van der Waals surface area contributed by atoms with Crippen molar-refractivity contribution in [3.63, 3.8) is 0 Å². The van der Waals surface area contributed by atoms with Crippen LogP contribution < -0.4 is 16.6 Å². The van der Waals surface area contributed by atoms with Gasteiger partial charge < -0.3 is 15.6 Å². The van der Waals surface area contributed by atoms with Gasteiger partial charge in [-0.2, -0.15) is 0 Å². The zero-order chi connectivity index (χ0) is 15.5. The molecule has 118 valence electrons. The molecule has 6 nitrogen and oxygen atoms in total. The lowest BCUT2D eigenvalue weighted by Gasteiger charge is -2.23. The molecule has 2 heterocycles. The van der Waals surface area contributed by atoms with Gasteiger partial charge in [0.1, 0.15) is 17.5 Å². The summed E-state index contributed by atoms with van der Waals surface area (Å²) in [6.07, 6.45) is 2.63. The van der Waals surface area contributed by atoms with E-state index in [-0.39, 0.29) is 5.41 Å². The quantitative estimate of drug-likeness (QED) is 0.569. The molecule has 1 aliphatic heterocycles. The topological polar surface area (TPSA) is 79.1 Å². The van der Waals surface area contributed by atoms with E-state index in [0.717, 1.165) is 18.2 Å². The zero-order valence-corrected chi connectivity index (χ0v) is 13.6. The Morgan fingerprint density at radius 1 is 1.24 bits per heavy atom. The molecule has 1 aliphatic rings. The Morgan fingerprint density at radius 2 is 1.86 bits per heavy atom. The second-order valence-electron chi connectivity index (χ2n) is 6.91. The lowest BCUT2D eigenvalue weighted by molar-refractivity contribution is 0.327. The van der Waals surface area contributed by atoms with Crippen LogP contribution in [0.4, 0.5) is 11.6 Å². The SMILES string of the molecule is CC(CN1CCCC1)Nc1cc(NN)nc(C(C)(C)C)n1. The molecule has 1 fully saturated rings. The van der Waals surface area contributed by atoms with E-state index in [1.807, 2.05) is 6.07 Å². The summed E-state index contributed by atoms with van der Waals surface area (Å²) in [4.78, 5) is 11.6. The summed E-state index contributed by atoms with van der Waals surface area (Å²) in [5.74, 6) is 7.78. The fraction of sp³-hybridized carbons (Fsp3) is 0.733. The molecular weight excluding hydrogens is 264 g/mol. The summed E-state index contributed by atoms with van der Waals surface area (Å²) in [7, 11) is 0. The fourth-order valence-corrected chi connectivity index (χ4v) is 2.58. The summed E-state index contributed by atoms with van der Waals surface area (Å²) in [6, 6.07) is 2.20. The number of aromatic nitrogens is 2. The van der Waals surface area contributed by atoms with Crippen molar-refractivity contribution in [3.05, 3.63) is 11.9 Å². The highest BCUT2D eigenvalue weighted by Gasteiger charge is 2.20. The van der Waals surface area contributed by atoms with E-state index in [0.29, 0.717) is 11.9 Å². The van der Waals surface area contributed by atoms with Crippen molar-refractivity contribution in [3.8, 4) is 0 Å². The Morgan fingerprint density at radius 3 is 2.43 bits per heavy atom. The van der Waals surface area contributed by atoms with Gasteiger partial charge >= 0.3 is 0 Å². The van der Waals surface area contributed by atoms with Gasteiger partial charge in [-0.15, -0.1) is 0 Å². The smallest absolute Gasteiger partial charge is 0.145 e. The lowest BCUT2D eigenvalue weighted by Crippen LogP contribution is -2.33. The van der Waals surface area contributed by atoms with Gasteiger partial charge in [-0.1, -0.05) is 20.8 Å². The molecule has 2 rings (SSSR count). The molecular formula is C15H28N6. The number of nitrogen functional groups attached to an aromatic ring is 1. The van der Waals surface area contributed by atoms with Crippen LogP contribution >= 0.6 is 0 Å². The minimum atomic E-state index is -0.110. The van der Waals surface area contributed by atoms with Crippen LogP contribution in [-0.4, -0.2) is 40.5 Å². The maximum absolute atomic E-state index is 5.52. The standard InChI is InChI=1S/C15H28N6/c1-11(10-21-7-5-6-8-21)17-12-9-13(20-16)19-14(18-12)15(2,3)4/h9,11H,5-8,10,16H2,1-4H3,(H2,17,18,19,20). The molecule has 0 radical (unpaired) electrons. The third-order valence-corrected chi connectivity index (χ3v) is 3.67. The number of hydrogen-bond donors (Lipinski definition) is 3. The number of anilines is 2. The molecule has 6 heteroatoms. The maximum atomic E-state index is 5.52. The lowest BCUT2D eigenvalue weighted by atomic mass is 9.96. The number of hydrogen-bond acceptors (Lipinski definition) is 6. The van der Waals surface area contributed by atoms with E-state index >= 15 is 0 Å². The van der Waals surface area contributed by atoms with Gasteiger partial charge in [0.2, 0.25) is 0 Å². The average Bonchev–Trinajstić information content (AvgIpc) is 2.89. The minimum Gasteiger partial charge on any atom is -0.366 e. The van der Waals surface area contributed by atoms with Gasteiger partial charge in [0.25, 0.3) is 0 Å². The highest BCUT2D eigenvalue weighted by atomic mass is 15.3. The third-order valence-electron chi connectivity index (χ3n) is 3.67. The van der Waals surface area contributed by atoms with E-state index < -0.39 is 0 Å². The first kappa shape index (κ1) is 16.0. The van der Waals surface area contributed by atoms with E-state index in [1.165, 1.54) is 25.9 Å². The first-order valence-corrected chi connectivity index (χ1v) is 7.73. The zero-order valence-electron chi connectivity index (χ0n) is 13.6. The summed E-state index contributed by atoms with van der Waals surface area (Å²) in [5.41, 5.74) is 2.52. The molecule has 0 saturated carbocycles. The highest BCUT2D eigenvalue weighted by Crippen LogP contribution is 2.22. The van der Waals surface area contributed by atoms with Gasteiger partial charge in [-0.3, -0.25) is 0 Å². The van der Waals surface area contributed by atoms with Crippen molar-refractivity contribution in [1.82, 2.24) is 14.9 Å². The van der Waals surface area contributed by atoms with Gasteiger partial charge in [0.05, 0.1) is 0 Å². The van der Waals surface area contributed by atoms with Crippen LogP contribution in [0.2, 0.25) is 0 Å². The van der Waals surface area contributed by atoms with E-state index in [9.17, 15) is 0 Å². The van der Waals surface area contributed by atoms with Crippen LogP contribution in [0.1, 0.15) is 46.4 Å². The third kappa shape index (κ3) is 4.54. The Kier molecular flexibility index (Phi) is 5.00. The molecule has 1 saturated heterocycles. The predicted octanol–water partition coefficient (Wildman–Crippen LogP) is 1.96. The molecule has 0 spiro atoms. The van der Waals surface area contributed by atoms with Crippen molar-refractivity contribution in [2.45, 2.75) is 52.0 Å². The van der Waals surface area contributed by atoms with Crippen molar-refractivity contribution in [2.24, 2.45) is 5.84 Å². The molecule has 1 aromatic heterocycles. The first-order valence-electron chi connectivity index (χ1n) is 7.73. The van der Waals surface area contributed by atoms with Crippen LogP contribution in [0.3, 0.4) is 0 Å². The molecule has 4 N–H and O–H groups in total. The molecule has 1 unspecified atom stereocenters. The molecule has 0 aromatic carbocycles. The van der Waals surface area contributed by atoms with Crippen LogP contribution in [-0.2, 0) is 5.41 Å². The number of nitrogens with zero attached hydrogens (tertiary/aromatic N) is 3. The number of rotatable bonds is 5. The summed E-state index contributed by atoms with van der Waals surface area (Å²) in [6.45, 7) is 11.9. The predicted molar refractivity (Wildman–Crippen MR) is 87.3 cm³/mol. The van der Waals surface area contributed by atoms with E-state index in [1.54, 1.807) is 0 Å². The van der Waals surface area contributed by atoms with Crippen LogP contribution in [0.25, 0.3) is 0 Å². The van der Waals surface area contributed by atoms with Crippen LogP contribution in [0, 0.1) is 0 Å². The maximum Gasteiger partial charge on any atom is 0.145 e. The van der Waals surface area contributed by atoms with Gasteiger partial charge in [0.15, 0.2) is 0 Å². The fourth-order valence-electron chi connectivity index (χ4n) is 2.58. The largest absolute Gasteiger partial charge is 0.366 e. The summed E-state index contributed by atoms with van der Waals surface area (Å²) in [5, 5.41) is 3.47. The minimum absolute atomic E-state index is 0.110. The van der Waals surface area contributed by atoms with Crippen molar-refractivity contribution in [1.29, 1.82) is 0 Å². The highest BCUT2D eigenvalue weighted by molar-refractivity contribution is 5.48. The molecule has 1 aromatic rings. The Bertz CT molecular complexity index is 462. The summed E-state index contributed by atoms with van der Waals surface area (Å²) < 4.78 is 0. The average molecular weight is 292 g/mol. The van der Waals surface area contributed by atoms with Gasteiger partial charge in [-0.25, -0.2) is 15.8 Å². The molecule has 0 amide bonds. The van der Waals surface area contributed by atoms with E-state index in [2.05, 4.69) is 53.3 Å². The monoisotopic (exact) mass is 292 g/mol. The number of nitrogens with one attached hydrogen (secondary N) is 2. The van der Waals surface area contributed by atoms with Gasteiger partial charge in [0, 0.05) is 24.1 Å². The van der Waals surface area contributed by atoms with Gasteiger partial charge in [-0.05, 0) is 32.9 Å². The second-order valence-corrected chi connectivity index (χ2v) is 6.91. The molecule has 0 bridgehead atoms. The Labute approximate surface area is 127 Å². The van der Waals surface area contributed by atoms with Crippen molar-refractivity contribution >= 4 is 11.6 Å². The first-order chi connectivity index (χ1) is 9.88. The number of hydrazine groups is 1. The number of nitrogens with two attached hydrogens (primary N) is 1. The molecule has 1 atom stereocenters. The number of likely N-dealkylation sites (tertiary alicyclic amines) is 1. The van der Waals surface area contributed by atoms with Crippen molar-refractivity contribution < 1.29 is 0 Å². The second kappa shape index (κ2) is 6.58. The van der Waals surface area contributed by atoms with Crippen molar-refractivity contribution in [2.75, 3.05) is 30.4 Å². The van der Waals surface area contributed by atoms with Crippen LogP contribution in [0.15, 0.2) is 6.07 Å². The van der Waals surface area contributed by atoms with Crippen LogP contribution in [0.5, 0.6) is 0 Å². The Hall–Kier alpha value is -1.40. The Balaban J connectivity index is 2.07. The summed E-state index contributed by atoms with van der Waals surface area (Å²) >= 11 is 0. The molecule has 0 aliphatic carbocycles. The van der Waals surface area contributed by atoms with E-state index in [4.69, 9.17) is 5.84 Å². The molecule has 21 heavy (non-hydrogen) atoms. The normalized spacial score (nSPS) is 17.8.